The van der Waals surface area contributed by atoms with E-state index >= 15 is 0 Å². The maximum absolute atomic E-state index is 9.24. The number of aliphatic hydroxyl groups is 1. The van der Waals surface area contributed by atoms with Gasteiger partial charge in [0.2, 0.25) is 0 Å². The Morgan fingerprint density at radius 3 is 2.61 bits per heavy atom. The van der Waals surface area contributed by atoms with E-state index in [-0.39, 0.29) is 30.6 Å². The molecule has 0 aliphatic carbocycles. The fraction of sp³-hybridized carbons (Fsp3) is 0.667. The number of aliphatic hydroxyl groups excluding tert-OH is 1. The number of methoxy groups -OCH3 is 1. The van der Waals surface area contributed by atoms with Gasteiger partial charge in [-0.2, -0.15) is 0 Å². The second-order valence-corrected chi connectivity index (χ2v) is 7.02. The number of hydrogen-bond donors (Lipinski definition) is 3. The molecule has 7 heteroatoms. The van der Waals surface area contributed by atoms with E-state index in [1.165, 1.54) is 0 Å². The van der Waals surface area contributed by atoms with Crippen LogP contribution in [0, 0.1) is 11.8 Å². The van der Waals surface area contributed by atoms with Crippen LogP contribution in [0.5, 0.6) is 5.75 Å². The first kappa shape index (κ1) is 26.9. The lowest BCUT2D eigenvalue weighted by Crippen LogP contribution is -2.39. The van der Waals surface area contributed by atoms with Gasteiger partial charge in [0.15, 0.2) is 5.96 Å². The summed E-state index contributed by atoms with van der Waals surface area (Å²) in [4.78, 5) is 4.68. The Labute approximate surface area is 187 Å². The van der Waals surface area contributed by atoms with Gasteiger partial charge in [0.05, 0.1) is 20.3 Å². The van der Waals surface area contributed by atoms with Crippen LogP contribution >= 0.6 is 24.0 Å². The van der Waals surface area contributed by atoms with Gasteiger partial charge in [-0.1, -0.05) is 32.0 Å². The highest BCUT2D eigenvalue weighted by Gasteiger charge is 2.10. The third-order valence-corrected chi connectivity index (χ3v) is 4.18. The molecule has 0 aliphatic rings. The molecule has 0 saturated carbocycles. The molecule has 0 amide bonds. The highest BCUT2D eigenvalue weighted by molar-refractivity contribution is 14.0. The molecule has 0 heterocycles. The lowest BCUT2D eigenvalue weighted by molar-refractivity contribution is 0.123. The standard InChI is InChI=1S/C21H37N3O3.HI/c1-5-22-21(24-15-18(10-12-25)14-17(2)3)23-11-13-27-16-19-8-6-7-9-20(19)26-4;/h6-9,17-18,25H,5,10-16H2,1-4H3,(H2,22,23,24);1H. The molecule has 1 aromatic rings. The lowest BCUT2D eigenvalue weighted by atomic mass is 9.94. The summed E-state index contributed by atoms with van der Waals surface area (Å²) in [6.45, 7) is 9.98. The van der Waals surface area contributed by atoms with Crippen molar-refractivity contribution in [1.29, 1.82) is 0 Å². The summed E-state index contributed by atoms with van der Waals surface area (Å²) in [6.07, 6.45) is 1.87. The van der Waals surface area contributed by atoms with Crippen molar-refractivity contribution in [2.75, 3.05) is 40.0 Å². The van der Waals surface area contributed by atoms with Crippen LogP contribution in [0.2, 0.25) is 0 Å². The van der Waals surface area contributed by atoms with Crippen molar-refractivity contribution < 1.29 is 14.6 Å². The zero-order chi connectivity index (χ0) is 19.9. The quantitative estimate of drug-likeness (QED) is 0.165. The average molecular weight is 507 g/mol. The van der Waals surface area contributed by atoms with Gasteiger partial charge in [0.25, 0.3) is 0 Å². The van der Waals surface area contributed by atoms with Crippen LogP contribution in [-0.2, 0) is 11.3 Å². The fourth-order valence-electron chi connectivity index (χ4n) is 2.94. The largest absolute Gasteiger partial charge is 0.496 e. The number of rotatable bonds is 13. The number of para-hydroxylation sites is 1. The predicted molar refractivity (Wildman–Crippen MR) is 127 cm³/mol. The van der Waals surface area contributed by atoms with Gasteiger partial charge in [0, 0.05) is 31.8 Å². The van der Waals surface area contributed by atoms with Gasteiger partial charge in [0.1, 0.15) is 5.75 Å². The minimum absolute atomic E-state index is 0. The number of benzene rings is 1. The molecule has 0 spiro atoms. The van der Waals surface area contributed by atoms with Crippen LogP contribution < -0.4 is 15.4 Å². The summed E-state index contributed by atoms with van der Waals surface area (Å²) in [5, 5.41) is 15.8. The van der Waals surface area contributed by atoms with Gasteiger partial charge < -0.3 is 25.2 Å². The molecule has 6 nitrogen and oxygen atoms in total. The average Bonchev–Trinajstić information content (AvgIpc) is 2.65. The minimum atomic E-state index is 0. The molecule has 1 aromatic carbocycles. The predicted octanol–water partition coefficient (Wildman–Crippen LogP) is 3.43. The number of guanidine groups is 1. The Bertz CT molecular complexity index is 541. The van der Waals surface area contributed by atoms with Crippen LogP contribution in [0.4, 0.5) is 0 Å². The first-order valence-corrected chi connectivity index (χ1v) is 9.93. The highest BCUT2D eigenvalue weighted by Crippen LogP contribution is 2.18. The molecule has 0 fully saturated rings. The third-order valence-electron chi connectivity index (χ3n) is 4.18. The first-order chi connectivity index (χ1) is 13.1. The summed E-state index contributed by atoms with van der Waals surface area (Å²) in [6, 6.07) is 7.88. The van der Waals surface area contributed by atoms with Gasteiger partial charge in [-0.05, 0) is 37.7 Å². The van der Waals surface area contributed by atoms with Crippen LogP contribution in [-0.4, -0.2) is 51.0 Å². The maximum atomic E-state index is 9.24. The minimum Gasteiger partial charge on any atom is -0.496 e. The molecule has 0 bridgehead atoms. The third kappa shape index (κ3) is 11.7. The second kappa shape index (κ2) is 16.9. The fourth-order valence-corrected chi connectivity index (χ4v) is 2.94. The number of hydrogen-bond acceptors (Lipinski definition) is 4. The highest BCUT2D eigenvalue weighted by atomic mass is 127. The van der Waals surface area contributed by atoms with E-state index in [0.717, 1.165) is 43.2 Å². The molecule has 1 unspecified atom stereocenters. The SMILES string of the molecule is CCNC(=NCC(CCO)CC(C)C)NCCOCc1ccccc1OC.I. The van der Waals surface area contributed by atoms with E-state index in [4.69, 9.17) is 9.47 Å². The van der Waals surface area contributed by atoms with Crippen molar-refractivity contribution in [2.45, 2.75) is 40.2 Å². The van der Waals surface area contributed by atoms with Crippen molar-refractivity contribution in [1.82, 2.24) is 10.6 Å². The first-order valence-electron chi connectivity index (χ1n) is 9.93. The number of nitrogens with zero attached hydrogens (tertiary/aromatic N) is 1. The van der Waals surface area contributed by atoms with E-state index in [2.05, 4.69) is 36.4 Å². The van der Waals surface area contributed by atoms with E-state index < -0.39 is 0 Å². The number of aliphatic imine (C=N–C) groups is 1. The normalized spacial score (nSPS) is 12.4. The van der Waals surface area contributed by atoms with E-state index in [1.807, 2.05) is 24.3 Å². The summed E-state index contributed by atoms with van der Waals surface area (Å²) in [5.74, 6) is 2.66. The van der Waals surface area contributed by atoms with Crippen molar-refractivity contribution in [3.63, 3.8) is 0 Å². The lowest BCUT2D eigenvalue weighted by Gasteiger charge is -2.17. The number of nitrogens with one attached hydrogen (secondary N) is 2. The molecule has 162 valence electrons. The van der Waals surface area contributed by atoms with Crippen molar-refractivity contribution >= 4 is 29.9 Å². The Morgan fingerprint density at radius 2 is 1.96 bits per heavy atom. The van der Waals surface area contributed by atoms with Crippen LogP contribution in [0.3, 0.4) is 0 Å². The van der Waals surface area contributed by atoms with Crippen LogP contribution in [0.25, 0.3) is 0 Å². The summed E-state index contributed by atoms with van der Waals surface area (Å²) in [5.41, 5.74) is 1.04. The molecule has 28 heavy (non-hydrogen) atoms. The Kier molecular flexibility index (Phi) is 16.2. The molecule has 0 radical (unpaired) electrons. The zero-order valence-electron chi connectivity index (χ0n) is 17.7. The topological polar surface area (TPSA) is 75.1 Å². The number of halogens is 1. The zero-order valence-corrected chi connectivity index (χ0v) is 20.1. The van der Waals surface area contributed by atoms with Crippen molar-refractivity contribution in [3.8, 4) is 5.75 Å². The van der Waals surface area contributed by atoms with Crippen LogP contribution in [0.15, 0.2) is 29.3 Å². The molecule has 1 atom stereocenters. The summed E-state index contributed by atoms with van der Waals surface area (Å²) < 4.78 is 11.1. The molecule has 0 saturated heterocycles. The molecule has 0 aliphatic heterocycles. The van der Waals surface area contributed by atoms with E-state index in [0.29, 0.717) is 31.6 Å². The van der Waals surface area contributed by atoms with Gasteiger partial charge in [-0.25, -0.2) is 0 Å². The Balaban J connectivity index is 0.00000729. The van der Waals surface area contributed by atoms with Gasteiger partial charge >= 0.3 is 0 Å². The maximum Gasteiger partial charge on any atom is 0.191 e. The Hall–Kier alpha value is -1.06. The van der Waals surface area contributed by atoms with Crippen molar-refractivity contribution in [2.24, 2.45) is 16.8 Å². The molecule has 1 rings (SSSR count). The van der Waals surface area contributed by atoms with Gasteiger partial charge in [-0.3, -0.25) is 4.99 Å². The van der Waals surface area contributed by atoms with E-state index in [1.54, 1.807) is 7.11 Å². The molecule has 3 N–H and O–H groups in total. The number of ether oxygens (including phenoxy) is 2. The van der Waals surface area contributed by atoms with E-state index in [9.17, 15) is 5.11 Å². The molecular weight excluding hydrogens is 469 g/mol. The van der Waals surface area contributed by atoms with Crippen molar-refractivity contribution in [3.05, 3.63) is 29.8 Å². The smallest absolute Gasteiger partial charge is 0.191 e. The summed E-state index contributed by atoms with van der Waals surface area (Å²) in [7, 11) is 1.67. The molecule has 0 aromatic heterocycles. The molecular formula is C21H38IN3O3. The monoisotopic (exact) mass is 507 g/mol. The summed E-state index contributed by atoms with van der Waals surface area (Å²) >= 11 is 0. The van der Waals surface area contributed by atoms with Crippen LogP contribution in [0.1, 0.15) is 39.2 Å². The second-order valence-electron chi connectivity index (χ2n) is 7.02. The van der Waals surface area contributed by atoms with Gasteiger partial charge in [-0.15, -0.1) is 24.0 Å². The Morgan fingerprint density at radius 1 is 1.21 bits per heavy atom.